The third-order valence-corrected chi connectivity index (χ3v) is 6.11. The van der Waals surface area contributed by atoms with Gasteiger partial charge < -0.3 is 4.74 Å². The second kappa shape index (κ2) is 20.3. The second-order valence-electron chi connectivity index (χ2n) is 9.19. The SMILES string of the molecule is CCCCCCCCCCCCCCCCCCOC(=O)OOOC(=O)c1c(C)cccc1C. The molecule has 0 heterocycles. The molecule has 6 nitrogen and oxygen atoms in total. The van der Waals surface area contributed by atoms with Crippen LogP contribution in [-0.2, 0) is 19.6 Å². The molecule has 0 aliphatic rings. The van der Waals surface area contributed by atoms with Gasteiger partial charge in [-0.3, -0.25) is 4.89 Å². The average molecular weight is 479 g/mol. The third kappa shape index (κ3) is 14.9. The maximum atomic E-state index is 12.0. The van der Waals surface area contributed by atoms with Crippen molar-refractivity contribution in [3.63, 3.8) is 0 Å². The van der Waals surface area contributed by atoms with Gasteiger partial charge in [-0.25, -0.2) is 14.5 Å². The maximum Gasteiger partial charge on any atom is 0.543 e. The van der Waals surface area contributed by atoms with Gasteiger partial charge in [0.05, 0.1) is 17.2 Å². The van der Waals surface area contributed by atoms with Crippen molar-refractivity contribution in [3.8, 4) is 0 Å². The van der Waals surface area contributed by atoms with Crippen molar-refractivity contribution < 1.29 is 29.1 Å². The highest BCUT2D eigenvalue weighted by molar-refractivity contribution is 5.92. The van der Waals surface area contributed by atoms with Crippen LogP contribution in [-0.4, -0.2) is 18.7 Å². The second-order valence-corrected chi connectivity index (χ2v) is 9.19. The number of rotatable bonds is 20. The molecule has 0 aliphatic heterocycles. The van der Waals surface area contributed by atoms with Crippen LogP contribution in [0.15, 0.2) is 18.2 Å². The van der Waals surface area contributed by atoms with Gasteiger partial charge in [-0.1, -0.05) is 121 Å². The van der Waals surface area contributed by atoms with Crippen LogP contribution in [0.3, 0.4) is 0 Å². The summed E-state index contributed by atoms with van der Waals surface area (Å²) in [7, 11) is 0. The molecule has 0 radical (unpaired) electrons. The average Bonchev–Trinajstić information content (AvgIpc) is 2.81. The monoisotopic (exact) mass is 478 g/mol. The minimum atomic E-state index is -1.02. The zero-order chi connectivity index (χ0) is 24.9. The van der Waals surface area contributed by atoms with E-state index in [-0.39, 0.29) is 6.61 Å². The van der Waals surface area contributed by atoms with Crippen LogP contribution in [0.2, 0.25) is 0 Å². The Morgan fingerprint density at radius 3 is 1.56 bits per heavy atom. The fraction of sp³-hybridized carbons (Fsp3) is 0.714. The molecule has 0 saturated carbocycles. The van der Waals surface area contributed by atoms with Gasteiger partial charge in [0.1, 0.15) is 0 Å². The Balaban J connectivity index is 1.86. The largest absolute Gasteiger partial charge is 0.543 e. The van der Waals surface area contributed by atoms with Gasteiger partial charge in [-0.05, 0) is 31.4 Å². The molecule has 0 fully saturated rings. The lowest BCUT2D eigenvalue weighted by atomic mass is 10.0. The molecular weight excluding hydrogens is 432 g/mol. The first kappa shape index (κ1) is 30.0. The lowest BCUT2D eigenvalue weighted by molar-refractivity contribution is -0.452. The van der Waals surface area contributed by atoms with E-state index in [0.717, 1.165) is 30.4 Å². The van der Waals surface area contributed by atoms with Crippen molar-refractivity contribution in [2.45, 2.75) is 124 Å². The Bertz CT molecular complexity index is 653. The van der Waals surface area contributed by atoms with E-state index in [2.05, 4.69) is 21.7 Å². The Labute approximate surface area is 206 Å². The lowest BCUT2D eigenvalue weighted by Gasteiger charge is -2.07. The van der Waals surface area contributed by atoms with E-state index in [1.807, 2.05) is 6.07 Å². The molecule has 0 spiro atoms. The highest BCUT2D eigenvalue weighted by Crippen LogP contribution is 2.15. The van der Waals surface area contributed by atoms with Gasteiger partial charge in [0, 0.05) is 0 Å². The first-order valence-corrected chi connectivity index (χ1v) is 13.3. The molecule has 0 amide bonds. The Morgan fingerprint density at radius 1 is 0.647 bits per heavy atom. The summed E-state index contributed by atoms with van der Waals surface area (Å²) in [6.45, 7) is 6.10. The summed E-state index contributed by atoms with van der Waals surface area (Å²) < 4.78 is 4.92. The summed E-state index contributed by atoms with van der Waals surface area (Å²) in [5, 5.41) is 4.28. The minimum absolute atomic E-state index is 0.255. The zero-order valence-corrected chi connectivity index (χ0v) is 21.7. The summed E-state index contributed by atoms with van der Waals surface area (Å²) in [6, 6.07) is 5.42. The highest BCUT2D eigenvalue weighted by Gasteiger charge is 2.16. The molecule has 6 heteroatoms. The first-order chi connectivity index (χ1) is 16.6. The van der Waals surface area contributed by atoms with Crippen molar-refractivity contribution in [3.05, 3.63) is 34.9 Å². The van der Waals surface area contributed by atoms with E-state index in [0.29, 0.717) is 5.56 Å². The molecule has 194 valence electrons. The zero-order valence-electron chi connectivity index (χ0n) is 21.7. The fourth-order valence-corrected chi connectivity index (χ4v) is 4.08. The molecule has 1 aromatic carbocycles. The van der Waals surface area contributed by atoms with Crippen molar-refractivity contribution in [2.75, 3.05) is 6.61 Å². The first-order valence-electron chi connectivity index (χ1n) is 13.3. The fourth-order valence-electron chi connectivity index (χ4n) is 4.08. The molecule has 0 saturated heterocycles. The summed E-state index contributed by atoms with van der Waals surface area (Å²) in [6.07, 6.45) is 19.6. The topological polar surface area (TPSA) is 71.1 Å². The van der Waals surface area contributed by atoms with Crippen LogP contribution in [0.5, 0.6) is 0 Å². The van der Waals surface area contributed by atoms with Crippen LogP contribution in [0, 0.1) is 13.8 Å². The number of benzene rings is 1. The number of ether oxygens (including phenoxy) is 1. The quantitative estimate of drug-likeness (QED) is 0.0807. The van der Waals surface area contributed by atoms with Crippen LogP contribution in [0.1, 0.15) is 131 Å². The highest BCUT2D eigenvalue weighted by atomic mass is 17.5. The number of carbonyl (C=O) groups is 2. The van der Waals surface area contributed by atoms with E-state index in [1.54, 1.807) is 26.0 Å². The molecule has 0 aliphatic carbocycles. The standard InChI is InChI=1S/C28H46O6/c1-4-5-6-7-8-9-10-11-12-13-14-15-16-17-18-19-23-31-28(30)33-34-32-27(29)26-24(2)21-20-22-25(26)3/h20-22H,4-19,23H2,1-3H3. The molecule has 0 atom stereocenters. The molecular formula is C28H46O6. The van der Waals surface area contributed by atoms with Crippen LogP contribution < -0.4 is 0 Å². The van der Waals surface area contributed by atoms with Gasteiger partial charge in [0.2, 0.25) is 0 Å². The minimum Gasteiger partial charge on any atom is -0.432 e. The smallest absolute Gasteiger partial charge is 0.432 e. The molecule has 0 bridgehead atoms. The van der Waals surface area contributed by atoms with Gasteiger partial charge in [-0.2, -0.15) is 0 Å². The molecule has 34 heavy (non-hydrogen) atoms. The number of hydrogen-bond acceptors (Lipinski definition) is 6. The van der Waals surface area contributed by atoms with E-state index in [9.17, 15) is 9.59 Å². The van der Waals surface area contributed by atoms with Gasteiger partial charge in [0.25, 0.3) is 0 Å². The van der Waals surface area contributed by atoms with Crippen molar-refractivity contribution in [1.29, 1.82) is 0 Å². The van der Waals surface area contributed by atoms with E-state index < -0.39 is 12.1 Å². The predicted octanol–water partition coefficient (Wildman–Crippen LogP) is 8.72. The Hall–Kier alpha value is -2.08. The molecule has 1 rings (SSSR count). The van der Waals surface area contributed by atoms with E-state index in [4.69, 9.17) is 4.74 Å². The summed E-state index contributed by atoms with van der Waals surface area (Å²) in [5.41, 5.74) is 1.88. The van der Waals surface area contributed by atoms with Gasteiger partial charge in [-0.15, -0.1) is 0 Å². The predicted molar refractivity (Wildman–Crippen MR) is 134 cm³/mol. The van der Waals surface area contributed by atoms with Crippen LogP contribution in [0.4, 0.5) is 4.79 Å². The lowest BCUT2D eigenvalue weighted by Crippen LogP contribution is -2.14. The Morgan fingerprint density at radius 2 is 1.09 bits per heavy atom. The number of aryl methyl sites for hydroxylation is 2. The van der Waals surface area contributed by atoms with Gasteiger partial charge in [0.15, 0.2) is 0 Å². The Kier molecular flexibility index (Phi) is 17.9. The van der Waals surface area contributed by atoms with Gasteiger partial charge >= 0.3 is 12.1 Å². The third-order valence-electron chi connectivity index (χ3n) is 6.11. The maximum absolute atomic E-state index is 12.0. The molecule has 0 N–H and O–H groups in total. The molecule has 0 aromatic heterocycles. The van der Waals surface area contributed by atoms with Crippen LogP contribution in [0.25, 0.3) is 0 Å². The van der Waals surface area contributed by atoms with Crippen molar-refractivity contribution in [1.82, 2.24) is 0 Å². The number of unbranched alkanes of at least 4 members (excludes halogenated alkanes) is 15. The van der Waals surface area contributed by atoms with Crippen molar-refractivity contribution in [2.24, 2.45) is 0 Å². The molecule has 0 unspecified atom stereocenters. The summed E-state index contributed by atoms with van der Waals surface area (Å²) in [4.78, 5) is 32.4. The van der Waals surface area contributed by atoms with Crippen LogP contribution >= 0.6 is 0 Å². The number of carbonyl (C=O) groups excluding carboxylic acids is 2. The normalized spacial score (nSPS) is 10.8. The summed E-state index contributed by atoms with van der Waals surface area (Å²) >= 11 is 0. The summed E-state index contributed by atoms with van der Waals surface area (Å²) in [5.74, 6) is -0.721. The van der Waals surface area contributed by atoms with Crippen molar-refractivity contribution >= 4 is 12.1 Å². The number of hydrogen-bond donors (Lipinski definition) is 0. The van der Waals surface area contributed by atoms with E-state index >= 15 is 0 Å². The van der Waals surface area contributed by atoms with E-state index in [1.165, 1.54) is 83.5 Å². The molecule has 1 aromatic rings.